The Morgan fingerprint density at radius 2 is 2.00 bits per heavy atom. The molecule has 0 aliphatic rings. The lowest BCUT2D eigenvalue weighted by molar-refractivity contribution is -0.116. The summed E-state index contributed by atoms with van der Waals surface area (Å²) in [6, 6.07) is 4.65. The molecule has 2 rings (SSSR count). The monoisotopic (exact) mass is 276 g/mol. The molecule has 0 fully saturated rings. The quantitative estimate of drug-likeness (QED) is 0.641. The molecule has 0 saturated carbocycles. The first-order valence-electron chi connectivity index (χ1n) is 6.28. The molecule has 0 radical (unpaired) electrons. The number of hydrogen-bond acceptors (Lipinski definition) is 4. The van der Waals surface area contributed by atoms with Gasteiger partial charge in [0.1, 0.15) is 0 Å². The van der Waals surface area contributed by atoms with Crippen LogP contribution in [0.15, 0.2) is 27.8 Å². The third-order valence-electron chi connectivity index (χ3n) is 2.93. The largest absolute Gasteiger partial charge is 0.328 e. The maximum Gasteiger partial charge on any atom is 0.272 e. The van der Waals surface area contributed by atoms with E-state index in [9.17, 15) is 14.4 Å². The highest BCUT2D eigenvalue weighted by molar-refractivity contribution is 6.01. The summed E-state index contributed by atoms with van der Waals surface area (Å²) in [6.07, 6.45) is 0.808. The Bertz CT molecular complexity index is 745. The molecule has 106 valence electrons. The van der Waals surface area contributed by atoms with E-state index in [1.807, 2.05) is 6.92 Å². The number of anilines is 1. The number of nitrogens with two attached hydrogens (primary N) is 1. The number of hydrogen-bond donors (Lipinski definition) is 4. The van der Waals surface area contributed by atoms with Crippen LogP contribution in [0.5, 0.6) is 0 Å². The predicted octanol–water partition coefficient (Wildman–Crippen LogP) is 0.282. The number of amides is 1. The van der Waals surface area contributed by atoms with E-state index in [1.165, 1.54) is 6.07 Å². The van der Waals surface area contributed by atoms with Gasteiger partial charge in [-0.2, -0.15) is 0 Å². The van der Waals surface area contributed by atoms with Crippen molar-refractivity contribution in [1.29, 1.82) is 0 Å². The second-order valence-corrected chi connectivity index (χ2v) is 4.70. The molecule has 0 saturated heterocycles. The van der Waals surface area contributed by atoms with Crippen LogP contribution in [0, 0.1) is 0 Å². The molecule has 1 heterocycles. The molecule has 0 spiro atoms. The zero-order valence-corrected chi connectivity index (χ0v) is 11.0. The van der Waals surface area contributed by atoms with Crippen molar-refractivity contribution in [3.05, 3.63) is 38.9 Å². The molecule has 5 N–H and O–H groups in total. The van der Waals surface area contributed by atoms with E-state index in [1.54, 1.807) is 12.1 Å². The van der Waals surface area contributed by atoms with Crippen molar-refractivity contribution in [3.8, 4) is 0 Å². The van der Waals surface area contributed by atoms with Gasteiger partial charge in [-0.3, -0.25) is 24.6 Å². The van der Waals surface area contributed by atoms with Crippen molar-refractivity contribution in [2.24, 2.45) is 5.73 Å². The minimum atomic E-state index is -0.456. The maximum atomic E-state index is 11.8. The fraction of sp³-hybridized carbons (Fsp3) is 0.308. The minimum absolute atomic E-state index is 0.0699. The Hall–Kier alpha value is -2.41. The van der Waals surface area contributed by atoms with Crippen molar-refractivity contribution in [2.75, 3.05) is 5.32 Å². The summed E-state index contributed by atoms with van der Waals surface area (Å²) in [5, 5.41) is 7.53. The Labute approximate surface area is 114 Å². The number of aromatic nitrogens is 2. The van der Waals surface area contributed by atoms with Crippen LogP contribution in [0.1, 0.15) is 19.8 Å². The highest BCUT2D eigenvalue weighted by Crippen LogP contribution is 2.17. The van der Waals surface area contributed by atoms with Crippen LogP contribution in [0.4, 0.5) is 5.69 Å². The van der Waals surface area contributed by atoms with Gasteiger partial charge in [-0.1, -0.05) is 6.07 Å². The van der Waals surface area contributed by atoms with Gasteiger partial charge >= 0.3 is 0 Å². The molecule has 0 aliphatic carbocycles. The lowest BCUT2D eigenvalue weighted by Crippen LogP contribution is -2.22. The van der Waals surface area contributed by atoms with Gasteiger partial charge in [0.2, 0.25) is 5.91 Å². The molecule has 2 aromatic rings. The van der Waals surface area contributed by atoms with Gasteiger partial charge in [0, 0.05) is 12.5 Å². The molecule has 20 heavy (non-hydrogen) atoms. The highest BCUT2D eigenvalue weighted by Gasteiger charge is 2.11. The molecule has 0 bridgehead atoms. The standard InChI is InChI=1S/C13H16N4O3/c1-7(14)5-6-10(18)15-9-4-2-3-8-11(9)13(20)17-16-12(8)19/h2-4,7H,5-6,14H2,1H3,(H,15,18)(H,16,19)(H,17,20). The summed E-state index contributed by atoms with van der Waals surface area (Å²) in [7, 11) is 0. The number of fused-ring (bicyclic) bond motifs is 1. The van der Waals surface area contributed by atoms with Crippen LogP contribution in [0.2, 0.25) is 0 Å². The number of nitrogens with one attached hydrogen (secondary N) is 3. The van der Waals surface area contributed by atoms with E-state index in [4.69, 9.17) is 5.73 Å². The fourth-order valence-corrected chi connectivity index (χ4v) is 1.91. The first-order chi connectivity index (χ1) is 9.49. The van der Waals surface area contributed by atoms with Gasteiger partial charge in [-0.25, -0.2) is 0 Å². The number of rotatable bonds is 4. The molecule has 7 nitrogen and oxygen atoms in total. The normalized spacial score (nSPS) is 12.3. The van der Waals surface area contributed by atoms with Crippen LogP contribution < -0.4 is 22.2 Å². The zero-order chi connectivity index (χ0) is 14.7. The van der Waals surface area contributed by atoms with Gasteiger partial charge in [0.05, 0.1) is 16.5 Å². The second kappa shape index (κ2) is 5.70. The molecule has 1 unspecified atom stereocenters. The molecule has 1 atom stereocenters. The number of carbonyl (C=O) groups excluding carboxylic acids is 1. The van der Waals surface area contributed by atoms with Crippen molar-refractivity contribution < 1.29 is 4.79 Å². The average molecular weight is 276 g/mol. The van der Waals surface area contributed by atoms with E-state index in [2.05, 4.69) is 15.5 Å². The van der Waals surface area contributed by atoms with Crippen LogP contribution in [-0.4, -0.2) is 22.1 Å². The van der Waals surface area contributed by atoms with Crippen LogP contribution in [-0.2, 0) is 4.79 Å². The topological polar surface area (TPSA) is 121 Å². The molecular formula is C13H16N4O3. The van der Waals surface area contributed by atoms with Gasteiger partial charge in [-0.15, -0.1) is 0 Å². The summed E-state index contributed by atoms with van der Waals surface area (Å²) >= 11 is 0. The fourth-order valence-electron chi connectivity index (χ4n) is 1.91. The number of H-pyrrole nitrogens is 2. The lowest BCUT2D eigenvalue weighted by atomic mass is 10.1. The second-order valence-electron chi connectivity index (χ2n) is 4.70. The van der Waals surface area contributed by atoms with E-state index in [0.717, 1.165) is 0 Å². The minimum Gasteiger partial charge on any atom is -0.328 e. The Morgan fingerprint density at radius 3 is 2.70 bits per heavy atom. The Kier molecular flexibility index (Phi) is 3.99. The molecular weight excluding hydrogens is 260 g/mol. The molecule has 0 aliphatic heterocycles. The van der Waals surface area contributed by atoms with Crippen LogP contribution in [0.25, 0.3) is 10.8 Å². The third-order valence-corrected chi connectivity index (χ3v) is 2.93. The summed E-state index contributed by atoms with van der Waals surface area (Å²) in [4.78, 5) is 35.2. The first-order valence-corrected chi connectivity index (χ1v) is 6.28. The molecule has 1 aromatic heterocycles. The van der Waals surface area contributed by atoms with Gasteiger partial charge in [0.15, 0.2) is 0 Å². The van der Waals surface area contributed by atoms with Gasteiger partial charge in [-0.05, 0) is 25.5 Å². The smallest absolute Gasteiger partial charge is 0.272 e. The van der Waals surface area contributed by atoms with Gasteiger partial charge in [0.25, 0.3) is 11.1 Å². The van der Waals surface area contributed by atoms with Crippen molar-refractivity contribution in [2.45, 2.75) is 25.8 Å². The Morgan fingerprint density at radius 1 is 1.30 bits per heavy atom. The van der Waals surface area contributed by atoms with E-state index in [-0.39, 0.29) is 29.1 Å². The first kappa shape index (κ1) is 14.0. The summed E-state index contributed by atoms with van der Waals surface area (Å²) in [5.41, 5.74) is 5.05. The van der Waals surface area contributed by atoms with Crippen molar-refractivity contribution in [1.82, 2.24) is 10.2 Å². The maximum absolute atomic E-state index is 11.8. The summed E-state index contributed by atoms with van der Waals surface area (Å²) in [6.45, 7) is 1.81. The summed E-state index contributed by atoms with van der Waals surface area (Å²) in [5.74, 6) is -0.241. The number of aromatic amines is 2. The molecule has 1 aromatic carbocycles. The van der Waals surface area contributed by atoms with E-state index in [0.29, 0.717) is 12.1 Å². The molecule has 1 amide bonds. The average Bonchev–Trinajstić information content (AvgIpc) is 2.41. The number of carbonyl (C=O) groups is 1. The van der Waals surface area contributed by atoms with Gasteiger partial charge < -0.3 is 11.1 Å². The van der Waals surface area contributed by atoms with Crippen molar-refractivity contribution >= 4 is 22.4 Å². The van der Waals surface area contributed by atoms with Crippen LogP contribution in [0.3, 0.4) is 0 Å². The van der Waals surface area contributed by atoms with Crippen molar-refractivity contribution in [3.63, 3.8) is 0 Å². The Balaban J connectivity index is 2.36. The lowest BCUT2D eigenvalue weighted by Gasteiger charge is -2.08. The third kappa shape index (κ3) is 2.94. The zero-order valence-electron chi connectivity index (χ0n) is 11.0. The summed E-state index contributed by atoms with van der Waals surface area (Å²) < 4.78 is 0. The SMILES string of the molecule is CC(N)CCC(=O)Nc1cccc2c(=O)[nH][nH]c(=O)c12. The van der Waals surface area contributed by atoms with E-state index < -0.39 is 11.1 Å². The highest BCUT2D eigenvalue weighted by atomic mass is 16.2. The van der Waals surface area contributed by atoms with Crippen LogP contribution >= 0.6 is 0 Å². The number of benzene rings is 1. The predicted molar refractivity (Wildman–Crippen MR) is 76.7 cm³/mol. The van der Waals surface area contributed by atoms with E-state index >= 15 is 0 Å². The molecule has 7 heteroatoms.